The molecule has 0 amide bonds. The van der Waals surface area contributed by atoms with Gasteiger partial charge in [0.15, 0.2) is 0 Å². The Balaban J connectivity index is 1.91. The van der Waals surface area contributed by atoms with Gasteiger partial charge in [0.05, 0.1) is 0 Å². The van der Waals surface area contributed by atoms with Crippen LogP contribution in [0.3, 0.4) is 0 Å². The summed E-state index contributed by atoms with van der Waals surface area (Å²) in [6, 6.07) is 1.39. The van der Waals surface area contributed by atoms with Crippen molar-refractivity contribution in [2.24, 2.45) is 5.41 Å². The number of likely N-dealkylation sites (N-methyl/N-ethyl adjacent to an activating group) is 1. The monoisotopic (exact) mass is 225 g/mol. The minimum atomic E-state index is 0.509. The number of hydrogen-bond acceptors (Lipinski definition) is 3. The first-order chi connectivity index (χ1) is 7.50. The highest BCUT2D eigenvalue weighted by molar-refractivity contribution is 4.90. The normalized spacial score (nSPS) is 42.8. The van der Waals surface area contributed by atoms with Gasteiger partial charge in [-0.25, -0.2) is 0 Å². The minimum Gasteiger partial charge on any atom is -0.316 e. The third kappa shape index (κ3) is 2.58. The smallest absolute Gasteiger partial charge is 0.0195 e. The first-order valence-electron chi connectivity index (χ1n) is 6.65. The van der Waals surface area contributed by atoms with Gasteiger partial charge in [-0.2, -0.15) is 0 Å². The standard InChI is InChI=1S/C13H27N3/c1-11-7-16(8-12(2)15(11)4)10-13(3)5-6-14-9-13/h11-12,14H,5-10H2,1-4H3. The molecule has 1 N–H and O–H groups in total. The molecule has 0 spiro atoms. The van der Waals surface area contributed by atoms with Crippen molar-refractivity contribution in [2.75, 3.05) is 39.8 Å². The molecule has 2 aliphatic rings. The van der Waals surface area contributed by atoms with Gasteiger partial charge in [0.25, 0.3) is 0 Å². The molecule has 2 saturated heterocycles. The Morgan fingerprint density at radius 3 is 2.38 bits per heavy atom. The van der Waals surface area contributed by atoms with Crippen molar-refractivity contribution in [1.29, 1.82) is 0 Å². The SMILES string of the molecule is CC1CN(CC2(C)CCNC2)CC(C)N1C. The first kappa shape index (κ1) is 12.3. The zero-order valence-corrected chi connectivity index (χ0v) is 11.3. The molecule has 3 atom stereocenters. The lowest BCUT2D eigenvalue weighted by atomic mass is 9.88. The predicted molar refractivity (Wildman–Crippen MR) is 68.7 cm³/mol. The Kier molecular flexibility index (Phi) is 3.57. The lowest BCUT2D eigenvalue weighted by Gasteiger charge is -2.44. The molecule has 0 aromatic rings. The Hall–Kier alpha value is -0.120. The van der Waals surface area contributed by atoms with Crippen LogP contribution >= 0.6 is 0 Å². The van der Waals surface area contributed by atoms with Gasteiger partial charge in [0.2, 0.25) is 0 Å². The molecule has 3 unspecified atom stereocenters. The third-order valence-corrected chi connectivity index (χ3v) is 4.50. The maximum Gasteiger partial charge on any atom is 0.0195 e. The van der Waals surface area contributed by atoms with E-state index in [1.54, 1.807) is 0 Å². The maximum absolute atomic E-state index is 3.50. The van der Waals surface area contributed by atoms with Gasteiger partial charge in [-0.05, 0) is 39.3 Å². The molecule has 2 heterocycles. The summed E-state index contributed by atoms with van der Waals surface area (Å²) in [5.74, 6) is 0. The van der Waals surface area contributed by atoms with Crippen LogP contribution in [-0.4, -0.2) is 61.7 Å². The number of nitrogens with zero attached hydrogens (tertiary/aromatic N) is 2. The summed E-state index contributed by atoms with van der Waals surface area (Å²) in [6.07, 6.45) is 1.34. The van der Waals surface area contributed by atoms with E-state index >= 15 is 0 Å². The van der Waals surface area contributed by atoms with Crippen LogP contribution in [0.15, 0.2) is 0 Å². The number of hydrogen-bond donors (Lipinski definition) is 1. The van der Waals surface area contributed by atoms with Gasteiger partial charge in [0, 0.05) is 38.3 Å². The van der Waals surface area contributed by atoms with E-state index in [4.69, 9.17) is 0 Å². The van der Waals surface area contributed by atoms with E-state index in [0.29, 0.717) is 17.5 Å². The van der Waals surface area contributed by atoms with Crippen molar-refractivity contribution in [2.45, 2.75) is 39.3 Å². The molecule has 16 heavy (non-hydrogen) atoms. The van der Waals surface area contributed by atoms with Crippen molar-refractivity contribution >= 4 is 0 Å². The van der Waals surface area contributed by atoms with E-state index in [9.17, 15) is 0 Å². The molecule has 94 valence electrons. The molecule has 2 fully saturated rings. The van der Waals surface area contributed by atoms with Crippen molar-refractivity contribution in [3.05, 3.63) is 0 Å². The first-order valence-corrected chi connectivity index (χ1v) is 6.65. The van der Waals surface area contributed by atoms with Crippen LogP contribution in [0.2, 0.25) is 0 Å². The summed E-state index contributed by atoms with van der Waals surface area (Å²) in [7, 11) is 2.26. The Labute approximate surface area is 100 Å². The molecule has 0 saturated carbocycles. The Morgan fingerprint density at radius 2 is 1.88 bits per heavy atom. The average molecular weight is 225 g/mol. The zero-order chi connectivity index (χ0) is 11.8. The third-order valence-electron chi connectivity index (χ3n) is 4.50. The Morgan fingerprint density at radius 1 is 1.25 bits per heavy atom. The van der Waals surface area contributed by atoms with Crippen LogP contribution in [0.5, 0.6) is 0 Å². The van der Waals surface area contributed by atoms with E-state index in [0.717, 1.165) is 0 Å². The molecule has 3 nitrogen and oxygen atoms in total. The van der Waals surface area contributed by atoms with E-state index in [-0.39, 0.29) is 0 Å². The van der Waals surface area contributed by atoms with Crippen molar-refractivity contribution in [3.63, 3.8) is 0 Å². The fourth-order valence-electron chi connectivity index (χ4n) is 3.19. The molecule has 0 aromatic heterocycles. The number of piperazine rings is 1. The fraction of sp³-hybridized carbons (Fsp3) is 1.00. The van der Waals surface area contributed by atoms with Crippen LogP contribution in [0.4, 0.5) is 0 Å². The van der Waals surface area contributed by atoms with E-state index in [1.807, 2.05) is 0 Å². The molecule has 2 rings (SSSR count). The summed E-state index contributed by atoms with van der Waals surface area (Å²) in [5.41, 5.74) is 0.509. The fourth-order valence-corrected chi connectivity index (χ4v) is 3.19. The second kappa shape index (κ2) is 4.63. The van der Waals surface area contributed by atoms with Gasteiger partial charge >= 0.3 is 0 Å². The van der Waals surface area contributed by atoms with E-state index in [1.165, 1.54) is 39.1 Å². The van der Waals surface area contributed by atoms with Crippen molar-refractivity contribution in [1.82, 2.24) is 15.1 Å². The second-order valence-electron chi connectivity index (χ2n) is 6.30. The highest BCUT2D eigenvalue weighted by Crippen LogP contribution is 2.27. The summed E-state index contributed by atoms with van der Waals surface area (Å²) < 4.78 is 0. The highest BCUT2D eigenvalue weighted by atomic mass is 15.3. The molecular weight excluding hydrogens is 198 g/mol. The summed E-state index contributed by atoms with van der Waals surface area (Å²) in [6.45, 7) is 13.3. The Bertz CT molecular complexity index is 223. The van der Waals surface area contributed by atoms with Gasteiger partial charge in [-0.1, -0.05) is 6.92 Å². The van der Waals surface area contributed by atoms with Crippen LogP contribution in [0.1, 0.15) is 27.2 Å². The van der Waals surface area contributed by atoms with Crippen LogP contribution in [0, 0.1) is 5.41 Å². The van der Waals surface area contributed by atoms with Crippen LogP contribution in [-0.2, 0) is 0 Å². The van der Waals surface area contributed by atoms with Gasteiger partial charge < -0.3 is 5.32 Å². The van der Waals surface area contributed by atoms with Gasteiger partial charge in [-0.15, -0.1) is 0 Å². The largest absolute Gasteiger partial charge is 0.316 e. The molecule has 3 heteroatoms. The van der Waals surface area contributed by atoms with Gasteiger partial charge in [-0.3, -0.25) is 9.80 Å². The van der Waals surface area contributed by atoms with E-state index < -0.39 is 0 Å². The van der Waals surface area contributed by atoms with Crippen molar-refractivity contribution < 1.29 is 0 Å². The molecule has 2 aliphatic heterocycles. The molecule has 0 radical (unpaired) electrons. The summed E-state index contributed by atoms with van der Waals surface area (Å²) in [5, 5.41) is 3.50. The second-order valence-corrected chi connectivity index (χ2v) is 6.30. The maximum atomic E-state index is 3.50. The number of rotatable bonds is 2. The lowest BCUT2D eigenvalue weighted by molar-refractivity contribution is 0.0385. The topological polar surface area (TPSA) is 18.5 Å². The molecule has 0 bridgehead atoms. The van der Waals surface area contributed by atoms with Crippen LogP contribution in [0.25, 0.3) is 0 Å². The van der Waals surface area contributed by atoms with Crippen LogP contribution < -0.4 is 5.32 Å². The predicted octanol–water partition coefficient (Wildman–Crippen LogP) is 1.01. The summed E-state index contributed by atoms with van der Waals surface area (Å²) in [4.78, 5) is 5.17. The highest BCUT2D eigenvalue weighted by Gasteiger charge is 2.34. The molecular formula is C13H27N3. The zero-order valence-electron chi connectivity index (χ0n) is 11.3. The molecule has 0 aliphatic carbocycles. The van der Waals surface area contributed by atoms with Crippen molar-refractivity contribution in [3.8, 4) is 0 Å². The van der Waals surface area contributed by atoms with E-state index in [2.05, 4.69) is 42.9 Å². The van der Waals surface area contributed by atoms with Gasteiger partial charge in [0.1, 0.15) is 0 Å². The number of nitrogens with one attached hydrogen (secondary N) is 1. The summed E-state index contributed by atoms with van der Waals surface area (Å²) >= 11 is 0. The lowest BCUT2D eigenvalue weighted by Crippen LogP contribution is -2.56. The quantitative estimate of drug-likeness (QED) is 0.757. The average Bonchev–Trinajstić information content (AvgIpc) is 2.61. The minimum absolute atomic E-state index is 0.509. The molecule has 0 aromatic carbocycles.